The van der Waals surface area contributed by atoms with E-state index in [0.717, 1.165) is 6.07 Å². The summed E-state index contributed by atoms with van der Waals surface area (Å²) >= 11 is 0. The van der Waals surface area contributed by atoms with Crippen molar-refractivity contribution in [2.45, 2.75) is 38.2 Å². The van der Waals surface area contributed by atoms with Gasteiger partial charge in [0.25, 0.3) is 5.91 Å². The maximum absolute atomic E-state index is 14.3. The van der Waals surface area contributed by atoms with Crippen LogP contribution in [0.3, 0.4) is 0 Å². The molecule has 0 atom stereocenters. The van der Waals surface area contributed by atoms with Crippen molar-refractivity contribution in [3.05, 3.63) is 59.4 Å². The summed E-state index contributed by atoms with van der Waals surface area (Å²) in [5.41, 5.74) is 0.885. The standard InChI is InChI=1S/C21H17F3N2O2.C2H6/c22-13-3-1-11(2-4-13)18-17(15-7-14(23)8-16(24)19(15)25-18)12-9-26(10-12)20(27)21(28)5-6-21;1-2/h1-4,7-8,12,25,28H,5-6,9-10H2;1-2H3. The molecule has 2 N–H and O–H groups in total. The van der Waals surface area contributed by atoms with E-state index in [1.54, 1.807) is 17.0 Å². The lowest BCUT2D eigenvalue weighted by Gasteiger charge is -2.41. The number of hydrogen-bond acceptors (Lipinski definition) is 2. The van der Waals surface area contributed by atoms with Crippen LogP contribution in [0.25, 0.3) is 22.2 Å². The largest absolute Gasteiger partial charge is 0.380 e. The number of aromatic nitrogens is 1. The fourth-order valence-corrected chi connectivity index (χ4v) is 3.96. The van der Waals surface area contributed by atoms with E-state index < -0.39 is 23.1 Å². The molecular formula is C23H23F3N2O2. The zero-order chi connectivity index (χ0) is 21.6. The highest BCUT2D eigenvalue weighted by Gasteiger charge is 2.52. The van der Waals surface area contributed by atoms with E-state index in [2.05, 4.69) is 4.98 Å². The zero-order valence-corrected chi connectivity index (χ0v) is 16.8. The fraction of sp³-hybridized carbons (Fsp3) is 0.348. The lowest BCUT2D eigenvalue weighted by Crippen LogP contribution is -2.53. The van der Waals surface area contributed by atoms with Crippen molar-refractivity contribution in [2.75, 3.05) is 13.1 Å². The fourth-order valence-electron chi connectivity index (χ4n) is 3.96. The van der Waals surface area contributed by atoms with Gasteiger partial charge in [-0.3, -0.25) is 4.79 Å². The minimum Gasteiger partial charge on any atom is -0.380 e. The van der Waals surface area contributed by atoms with Gasteiger partial charge in [0, 0.05) is 30.5 Å². The topological polar surface area (TPSA) is 56.3 Å². The first kappa shape index (κ1) is 20.5. The van der Waals surface area contributed by atoms with Gasteiger partial charge >= 0.3 is 0 Å². The van der Waals surface area contributed by atoms with Crippen LogP contribution in [-0.4, -0.2) is 39.6 Å². The molecule has 0 radical (unpaired) electrons. The number of nitrogens with one attached hydrogen (secondary N) is 1. The summed E-state index contributed by atoms with van der Waals surface area (Å²) in [7, 11) is 0. The summed E-state index contributed by atoms with van der Waals surface area (Å²) in [5.74, 6) is -2.21. The van der Waals surface area contributed by atoms with Gasteiger partial charge in [0.1, 0.15) is 23.1 Å². The van der Waals surface area contributed by atoms with Crippen LogP contribution in [-0.2, 0) is 4.79 Å². The first-order valence-corrected chi connectivity index (χ1v) is 10.1. The van der Waals surface area contributed by atoms with Crippen molar-refractivity contribution < 1.29 is 23.1 Å². The average Bonchev–Trinajstić information content (AvgIpc) is 3.34. The average molecular weight is 416 g/mol. The predicted molar refractivity (Wildman–Crippen MR) is 108 cm³/mol. The predicted octanol–water partition coefficient (Wildman–Crippen LogP) is 4.73. The van der Waals surface area contributed by atoms with E-state index in [9.17, 15) is 23.1 Å². The monoisotopic (exact) mass is 416 g/mol. The van der Waals surface area contributed by atoms with Gasteiger partial charge in [-0.25, -0.2) is 13.2 Å². The molecule has 0 spiro atoms. The summed E-state index contributed by atoms with van der Waals surface area (Å²) in [6, 6.07) is 7.85. The number of fused-ring (bicyclic) bond motifs is 1. The minimum atomic E-state index is -1.23. The molecule has 2 aliphatic rings. The number of hydrogen-bond donors (Lipinski definition) is 2. The number of amides is 1. The van der Waals surface area contributed by atoms with Crippen molar-refractivity contribution in [3.8, 4) is 11.3 Å². The molecule has 2 heterocycles. The summed E-state index contributed by atoms with van der Waals surface area (Å²) in [6.07, 6.45) is 0.939. The highest BCUT2D eigenvalue weighted by molar-refractivity contribution is 5.93. The van der Waals surface area contributed by atoms with Crippen LogP contribution < -0.4 is 0 Å². The van der Waals surface area contributed by atoms with E-state index >= 15 is 0 Å². The molecule has 1 aliphatic carbocycles. The molecule has 4 nitrogen and oxygen atoms in total. The second kappa shape index (κ2) is 7.47. The lowest BCUT2D eigenvalue weighted by molar-refractivity contribution is -0.147. The lowest BCUT2D eigenvalue weighted by atomic mass is 9.87. The van der Waals surface area contributed by atoms with E-state index in [0.29, 0.717) is 48.1 Å². The van der Waals surface area contributed by atoms with Crippen molar-refractivity contribution in [3.63, 3.8) is 0 Å². The first-order valence-electron chi connectivity index (χ1n) is 10.1. The number of nitrogens with zero attached hydrogens (tertiary/aromatic N) is 1. The molecule has 30 heavy (non-hydrogen) atoms. The van der Waals surface area contributed by atoms with E-state index in [4.69, 9.17) is 0 Å². The normalized spacial score (nSPS) is 17.3. The van der Waals surface area contributed by atoms with E-state index in [1.165, 1.54) is 18.2 Å². The molecule has 1 aliphatic heterocycles. The molecule has 5 rings (SSSR count). The minimum absolute atomic E-state index is 0.138. The Labute approximate surface area is 172 Å². The van der Waals surface area contributed by atoms with Gasteiger partial charge in [-0.1, -0.05) is 13.8 Å². The van der Waals surface area contributed by atoms with Crippen LogP contribution >= 0.6 is 0 Å². The maximum atomic E-state index is 14.3. The Bertz CT molecular complexity index is 1100. The molecule has 1 saturated carbocycles. The number of halogens is 3. The number of carbonyl (C=O) groups excluding carboxylic acids is 1. The van der Waals surface area contributed by atoms with Crippen LogP contribution in [0.1, 0.15) is 38.2 Å². The summed E-state index contributed by atoms with van der Waals surface area (Å²) < 4.78 is 41.6. The van der Waals surface area contributed by atoms with Crippen LogP contribution in [0, 0.1) is 17.5 Å². The van der Waals surface area contributed by atoms with Gasteiger partial charge in [-0.05, 0) is 54.3 Å². The van der Waals surface area contributed by atoms with Gasteiger partial charge in [-0.15, -0.1) is 0 Å². The third-order valence-electron chi connectivity index (χ3n) is 5.70. The smallest absolute Gasteiger partial charge is 0.254 e. The van der Waals surface area contributed by atoms with Crippen molar-refractivity contribution in [2.24, 2.45) is 0 Å². The number of carbonyl (C=O) groups is 1. The molecule has 158 valence electrons. The Balaban J connectivity index is 0.00000106. The summed E-state index contributed by atoms with van der Waals surface area (Å²) in [4.78, 5) is 16.9. The van der Waals surface area contributed by atoms with Crippen molar-refractivity contribution >= 4 is 16.8 Å². The molecular weight excluding hydrogens is 393 g/mol. The van der Waals surface area contributed by atoms with Crippen LogP contribution in [0.5, 0.6) is 0 Å². The third-order valence-corrected chi connectivity index (χ3v) is 5.70. The third kappa shape index (κ3) is 3.37. The second-order valence-corrected chi connectivity index (χ2v) is 7.67. The highest BCUT2D eigenvalue weighted by atomic mass is 19.1. The molecule has 2 aromatic carbocycles. The van der Waals surface area contributed by atoms with Crippen LogP contribution in [0.15, 0.2) is 36.4 Å². The van der Waals surface area contributed by atoms with Crippen molar-refractivity contribution in [1.82, 2.24) is 9.88 Å². The quantitative estimate of drug-likeness (QED) is 0.649. The van der Waals surface area contributed by atoms with Crippen molar-refractivity contribution in [1.29, 1.82) is 0 Å². The Morgan fingerprint density at radius 3 is 2.30 bits per heavy atom. The SMILES string of the molecule is CC.O=C(N1CC(c2c(-c3ccc(F)cc3)[nH]c3c(F)cc(F)cc23)C1)C1(O)CC1. The van der Waals surface area contributed by atoms with Gasteiger partial charge in [-0.2, -0.15) is 0 Å². The van der Waals surface area contributed by atoms with Gasteiger partial charge in [0.05, 0.1) is 11.2 Å². The van der Waals surface area contributed by atoms with E-state index in [-0.39, 0.29) is 17.3 Å². The maximum Gasteiger partial charge on any atom is 0.254 e. The number of H-pyrrole nitrogens is 1. The molecule has 0 unspecified atom stereocenters. The molecule has 0 bridgehead atoms. The first-order chi connectivity index (χ1) is 14.4. The number of rotatable bonds is 3. The molecule has 7 heteroatoms. The Hall–Kier alpha value is -2.80. The highest BCUT2D eigenvalue weighted by Crippen LogP contribution is 2.44. The molecule has 1 aromatic heterocycles. The van der Waals surface area contributed by atoms with E-state index in [1.807, 2.05) is 13.8 Å². The van der Waals surface area contributed by atoms with Gasteiger partial charge in [0.15, 0.2) is 0 Å². The number of aromatic amines is 1. The van der Waals surface area contributed by atoms with Gasteiger partial charge in [0.2, 0.25) is 0 Å². The Kier molecular flexibility index (Phi) is 5.10. The summed E-state index contributed by atoms with van der Waals surface area (Å²) in [6.45, 7) is 4.72. The van der Waals surface area contributed by atoms with Gasteiger partial charge < -0.3 is 15.0 Å². The molecule has 1 saturated heterocycles. The Morgan fingerprint density at radius 2 is 1.70 bits per heavy atom. The molecule has 1 amide bonds. The molecule has 3 aromatic rings. The number of likely N-dealkylation sites (tertiary alicyclic amines) is 1. The molecule has 2 fully saturated rings. The number of aliphatic hydroxyl groups is 1. The zero-order valence-electron chi connectivity index (χ0n) is 16.8. The second-order valence-electron chi connectivity index (χ2n) is 7.67. The van der Waals surface area contributed by atoms with Crippen LogP contribution in [0.2, 0.25) is 0 Å². The summed E-state index contributed by atoms with van der Waals surface area (Å²) in [5, 5.41) is 10.4. The number of benzene rings is 2. The van der Waals surface area contributed by atoms with Crippen LogP contribution in [0.4, 0.5) is 13.2 Å². The Morgan fingerprint density at radius 1 is 1.07 bits per heavy atom.